The molecular formula is C13H11BrN2O2S2. The van der Waals surface area contributed by atoms with Gasteiger partial charge in [-0.05, 0) is 41.9 Å². The van der Waals surface area contributed by atoms with Gasteiger partial charge in [-0.3, -0.25) is 0 Å². The summed E-state index contributed by atoms with van der Waals surface area (Å²) in [5.41, 5.74) is 1.49. The molecule has 0 aliphatic rings. The highest BCUT2D eigenvalue weighted by Gasteiger charge is 2.22. The highest BCUT2D eigenvalue weighted by atomic mass is 79.9. The van der Waals surface area contributed by atoms with E-state index in [0.717, 1.165) is 19.7 Å². The van der Waals surface area contributed by atoms with E-state index >= 15 is 0 Å². The maximum atomic E-state index is 12.7. The van der Waals surface area contributed by atoms with Crippen LogP contribution in [0.15, 0.2) is 39.8 Å². The van der Waals surface area contributed by atoms with Gasteiger partial charge in [0.2, 0.25) is 0 Å². The third-order valence-corrected chi connectivity index (χ3v) is 6.47. The van der Waals surface area contributed by atoms with Crippen LogP contribution in [0.5, 0.6) is 0 Å². The summed E-state index contributed by atoms with van der Waals surface area (Å²) in [6, 6.07) is 6.80. The molecule has 0 fully saturated rings. The third-order valence-electron chi connectivity index (χ3n) is 2.95. The van der Waals surface area contributed by atoms with Crippen molar-refractivity contribution in [1.29, 1.82) is 0 Å². The molecule has 3 aromatic rings. The number of aryl methyl sites for hydroxylation is 2. The molecule has 104 valence electrons. The van der Waals surface area contributed by atoms with Crippen LogP contribution >= 0.6 is 27.3 Å². The average Bonchev–Trinajstić information content (AvgIpc) is 2.90. The lowest BCUT2D eigenvalue weighted by atomic mass is 10.2. The Balaban J connectivity index is 2.26. The fraction of sp³-hybridized carbons (Fsp3) is 0.154. The van der Waals surface area contributed by atoms with Crippen LogP contribution in [-0.2, 0) is 10.0 Å². The van der Waals surface area contributed by atoms with Gasteiger partial charge in [-0.15, -0.1) is 11.3 Å². The van der Waals surface area contributed by atoms with E-state index in [1.807, 2.05) is 13.8 Å². The molecule has 0 bridgehead atoms. The number of aromatic nitrogens is 2. The predicted octanol–water partition coefficient (Wildman–Crippen LogP) is 3.71. The molecule has 0 aliphatic heterocycles. The number of benzene rings is 1. The van der Waals surface area contributed by atoms with Gasteiger partial charge in [0.25, 0.3) is 10.0 Å². The number of thiazole rings is 1. The van der Waals surface area contributed by atoms with Crippen LogP contribution in [0.2, 0.25) is 0 Å². The number of rotatable bonds is 2. The van der Waals surface area contributed by atoms with Crippen LogP contribution in [0.1, 0.15) is 10.6 Å². The second-order valence-electron chi connectivity index (χ2n) is 4.48. The minimum atomic E-state index is -3.62. The van der Waals surface area contributed by atoms with Crippen LogP contribution < -0.4 is 0 Å². The summed E-state index contributed by atoms with van der Waals surface area (Å²) in [5, 5.41) is 0.837. The van der Waals surface area contributed by atoms with Gasteiger partial charge in [0, 0.05) is 6.20 Å². The third kappa shape index (κ3) is 2.10. The van der Waals surface area contributed by atoms with Crippen LogP contribution in [-0.4, -0.2) is 17.4 Å². The van der Waals surface area contributed by atoms with E-state index in [9.17, 15) is 8.42 Å². The Hall–Kier alpha value is -1.18. The van der Waals surface area contributed by atoms with Gasteiger partial charge in [0.05, 0.1) is 19.1 Å². The van der Waals surface area contributed by atoms with Crippen molar-refractivity contribution in [2.75, 3.05) is 0 Å². The first-order valence-electron chi connectivity index (χ1n) is 5.86. The summed E-state index contributed by atoms with van der Waals surface area (Å²) in [4.78, 5) is 4.58. The molecule has 0 amide bonds. The maximum Gasteiger partial charge on any atom is 0.269 e. The number of halogens is 1. The van der Waals surface area contributed by atoms with E-state index in [2.05, 4.69) is 20.9 Å². The Morgan fingerprint density at radius 2 is 1.85 bits per heavy atom. The topological polar surface area (TPSA) is 52.0 Å². The van der Waals surface area contributed by atoms with Gasteiger partial charge < -0.3 is 0 Å². The normalized spacial score (nSPS) is 12.2. The molecule has 2 aromatic heterocycles. The molecule has 0 aliphatic carbocycles. The first-order chi connectivity index (χ1) is 9.39. The molecule has 0 atom stereocenters. The molecule has 0 radical (unpaired) electrons. The van der Waals surface area contributed by atoms with Crippen LogP contribution in [0.3, 0.4) is 0 Å². The zero-order chi connectivity index (χ0) is 14.5. The standard InChI is InChI=1S/C13H11BrN2O2S2/c1-8-3-5-10(6-4-8)20(17,18)16-7-11(14)12-13(16)15-9(2)19-12/h3-7H,1-2H3. The van der Waals surface area contributed by atoms with E-state index in [-0.39, 0.29) is 4.90 Å². The number of hydrogen-bond acceptors (Lipinski definition) is 4. The lowest BCUT2D eigenvalue weighted by Gasteiger charge is -2.06. The number of hydrogen-bond donors (Lipinski definition) is 0. The summed E-state index contributed by atoms with van der Waals surface area (Å²) in [7, 11) is -3.62. The lowest BCUT2D eigenvalue weighted by Crippen LogP contribution is -2.12. The Kier molecular flexibility index (Phi) is 3.23. The SMILES string of the molecule is Cc1ccc(S(=O)(=O)n2cc(Br)c3sc(C)nc32)cc1. The van der Waals surface area contributed by atoms with Crippen molar-refractivity contribution < 1.29 is 8.42 Å². The quantitative estimate of drug-likeness (QED) is 0.690. The Labute approximate surface area is 129 Å². The van der Waals surface area contributed by atoms with Crippen LogP contribution in [0.25, 0.3) is 10.3 Å². The van der Waals surface area contributed by atoms with E-state index < -0.39 is 10.0 Å². The van der Waals surface area contributed by atoms with Crippen LogP contribution in [0.4, 0.5) is 0 Å². The highest BCUT2D eigenvalue weighted by Crippen LogP contribution is 2.33. The second-order valence-corrected chi connectivity index (χ2v) is 8.35. The molecule has 3 rings (SSSR count). The molecule has 0 N–H and O–H groups in total. The van der Waals surface area contributed by atoms with E-state index in [4.69, 9.17) is 0 Å². The van der Waals surface area contributed by atoms with Crippen LogP contribution in [0, 0.1) is 13.8 Å². The predicted molar refractivity (Wildman–Crippen MR) is 83.8 cm³/mol. The average molecular weight is 371 g/mol. The number of nitrogens with zero attached hydrogens (tertiary/aromatic N) is 2. The molecule has 0 spiro atoms. The van der Waals surface area contributed by atoms with E-state index in [0.29, 0.717) is 5.65 Å². The summed E-state index contributed by atoms with van der Waals surface area (Å²) in [6.45, 7) is 3.78. The fourth-order valence-electron chi connectivity index (χ4n) is 1.95. The maximum absolute atomic E-state index is 12.7. The first kappa shape index (κ1) is 13.8. The van der Waals surface area contributed by atoms with Crippen molar-refractivity contribution in [2.45, 2.75) is 18.7 Å². The van der Waals surface area contributed by atoms with Crippen molar-refractivity contribution in [3.63, 3.8) is 0 Å². The Morgan fingerprint density at radius 3 is 2.50 bits per heavy atom. The van der Waals surface area contributed by atoms with Crippen molar-refractivity contribution in [3.8, 4) is 0 Å². The summed E-state index contributed by atoms with van der Waals surface area (Å²) < 4.78 is 28.2. The molecule has 0 saturated carbocycles. The minimum absolute atomic E-state index is 0.262. The van der Waals surface area contributed by atoms with Gasteiger partial charge in [0.1, 0.15) is 0 Å². The summed E-state index contributed by atoms with van der Waals surface area (Å²) in [6.07, 6.45) is 1.56. The van der Waals surface area contributed by atoms with Gasteiger partial charge in [-0.1, -0.05) is 17.7 Å². The monoisotopic (exact) mass is 370 g/mol. The summed E-state index contributed by atoms with van der Waals surface area (Å²) in [5.74, 6) is 0. The first-order valence-corrected chi connectivity index (χ1v) is 8.91. The van der Waals surface area contributed by atoms with Gasteiger partial charge in [-0.25, -0.2) is 17.4 Å². The highest BCUT2D eigenvalue weighted by molar-refractivity contribution is 9.10. The Bertz CT molecular complexity index is 892. The van der Waals surface area contributed by atoms with Crippen molar-refractivity contribution >= 4 is 47.6 Å². The number of fused-ring (bicyclic) bond motifs is 1. The molecule has 7 heteroatoms. The molecular weight excluding hydrogens is 360 g/mol. The zero-order valence-electron chi connectivity index (χ0n) is 10.8. The zero-order valence-corrected chi connectivity index (χ0v) is 14.0. The molecule has 1 aromatic carbocycles. The van der Waals surface area contributed by atoms with Crippen molar-refractivity contribution in [1.82, 2.24) is 8.96 Å². The fourth-order valence-corrected chi connectivity index (χ4v) is 4.89. The Morgan fingerprint density at radius 1 is 1.20 bits per heavy atom. The molecule has 20 heavy (non-hydrogen) atoms. The molecule has 0 unspecified atom stereocenters. The molecule has 4 nitrogen and oxygen atoms in total. The van der Waals surface area contributed by atoms with Crippen molar-refractivity contribution in [3.05, 3.63) is 45.5 Å². The summed E-state index contributed by atoms with van der Waals surface area (Å²) >= 11 is 4.86. The molecule has 2 heterocycles. The van der Waals surface area contributed by atoms with Gasteiger partial charge in [0.15, 0.2) is 5.65 Å². The lowest BCUT2D eigenvalue weighted by molar-refractivity contribution is 0.588. The smallest absolute Gasteiger partial charge is 0.222 e. The molecule has 0 saturated heterocycles. The van der Waals surface area contributed by atoms with Gasteiger partial charge >= 0.3 is 0 Å². The van der Waals surface area contributed by atoms with E-state index in [1.165, 1.54) is 15.3 Å². The van der Waals surface area contributed by atoms with Gasteiger partial charge in [-0.2, -0.15) is 0 Å². The minimum Gasteiger partial charge on any atom is -0.222 e. The van der Waals surface area contributed by atoms with Crippen molar-refractivity contribution in [2.24, 2.45) is 0 Å². The van der Waals surface area contributed by atoms with E-state index in [1.54, 1.807) is 30.5 Å². The second kappa shape index (κ2) is 4.68. The largest absolute Gasteiger partial charge is 0.269 e.